The Morgan fingerprint density at radius 3 is 2.10 bits per heavy atom. The van der Waals surface area contributed by atoms with Crippen molar-refractivity contribution in [1.29, 1.82) is 5.26 Å². The third-order valence-electron chi connectivity index (χ3n) is 5.48. The Kier molecular flexibility index (Phi) is 7.59. The Bertz CT molecular complexity index is 1490. The molecule has 3 aromatic rings. The first-order chi connectivity index (χ1) is 18.0. The molecule has 0 aliphatic rings. The van der Waals surface area contributed by atoms with Gasteiger partial charge in [0.25, 0.3) is 5.69 Å². The van der Waals surface area contributed by atoms with Gasteiger partial charge in [0, 0.05) is 17.0 Å². The summed E-state index contributed by atoms with van der Waals surface area (Å²) in [4.78, 5) is 43.1. The average Bonchev–Trinajstić information content (AvgIpc) is 3.09. The minimum absolute atomic E-state index is 0.0560. The highest BCUT2D eigenvalue weighted by Gasteiger charge is 2.39. The van der Waals surface area contributed by atoms with E-state index in [2.05, 4.69) is 4.98 Å². The van der Waals surface area contributed by atoms with Crippen molar-refractivity contribution in [3.8, 4) is 17.5 Å². The number of carbonyl (C=O) groups excluding carboxylic acids is 2. The van der Waals surface area contributed by atoms with Gasteiger partial charge in [-0.2, -0.15) is 10.2 Å². The predicted octanol–water partition coefficient (Wildman–Crippen LogP) is 6.11. The van der Waals surface area contributed by atoms with E-state index in [4.69, 9.17) is 14.2 Å². The number of methoxy groups -OCH3 is 1. The van der Waals surface area contributed by atoms with Crippen molar-refractivity contribution < 1.29 is 28.7 Å². The molecule has 2 amide bonds. The minimum Gasteiger partial charge on any atom is -0.496 e. The molecule has 12 nitrogen and oxygen atoms in total. The third-order valence-corrected chi connectivity index (χ3v) is 5.48. The van der Waals surface area contributed by atoms with Gasteiger partial charge < -0.3 is 14.2 Å². The Balaban J connectivity index is 2.57. The first-order valence-electron chi connectivity index (χ1n) is 12.0. The summed E-state index contributed by atoms with van der Waals surface area (Å²) in [7, 11) is 1.49. The molecule has 206 valence electrons. The smallest absolute Gasteiger partial charge is 0.425 e. The largest absolute Gasteiger partial charge is 0.496 e. The fourth-order valence-electron chi connectivity index (χ4n) is 4.02. The van der Waals surface area contributed by atoms with Crippen LogP contribution in [0.2, 0.25) is 0 Å². The Morgan fingerprint density at radius 1 is 1.08 bits per heavy atom. The summed E-state index contributed by atoms with van der Waals surface area (Å²) in [5.74, 6) is 0.258. The molecule has 0 radical (unpaired) electrons. The van der Waals surface area contributed by atoms with Crippen LogP contribution in [0.3, 0.4) is 0 Å². The first kappa shape index (κ1) is 28.9. The number of hydrogen-bond acceptors (Lipinski definition) is 9. The number of nitro groups is 1. The second-order valence-corrected chi connectivity index (χ2v) is 10.8. The zero-order chi connectivity index (χ0) is 29.4. The molecule has 0 atom stereocenters. The van der Waals surface area contributed by atoms with Crippen molar-refractivity contribution in [2.24, 2.45) is 0 Å². The van der Waals surface area contributed by atoms with Crippen LogP contribution in [0.1, 0.15) is 58.2 Å². The second-order valence-electron chi connectivity index (χ2n) is 10.8. The van der Waals surface area contributed by atoms with Crippen LogP contribution < -0.4 is 9.64 Å². The number of anilines is 1. The number of imide groups is 1. The molecule has 0 bridgehead atoms. The summed E-state index contributed by atoms with van der Waals surface area (Å²) in [5.41, 5.74) is -0.766. The van der Waals surface area contributed by atoms with Crippen LogP contribution in [0.15, 0.2) is 24.4 Å². The third kappa shape index (κ3) is 5.77. The second kappa shape index (κ2) is 10.2. The van der Waals surface area contributed by atoms with E-state index in [-0.39, 0.29) is 28.1 Å². The summed E-state index contributed by atoms with van der Waals surface area (Å²) in [6.07, 6.45) is -1.17. The number of hydrogen-bond donors (Lipinski definition) is 0. The average molecular weight is 538 g/mol. The summed E-state index contributed by atoms with van der Waals surface area (Å²) >= 11 is 0. The molecule has 3 rings (SSSR count). The van der Waals surface area contributed by atoms with Gasteiger partial charge in [0.2, 0.25) is 0 Å². The summed E-state index contributed by atoms with van der Waals surface area (Å²) in [6, 6.07) is 6.70. The van der Waals surface area contributed by atoms with E-state index in [0.717, 1.165) is 6.20 Å². The highest BCUT2D eigenvalue weighted by molar-refractivity contribution is 6.13. The number of nitriles is 1. The Hall–Kier alpha value is -4.66. The normalized spacial score (nSPS) is 11.6. The van der Waals surface area contributed by atoms with Gasteiger partial charge in [-0.15, -0.1) is 0 Å². The van der Waals surface area contributed by atoms with Gasteiger partial charge in [0.1, 0.15) is 40.4 Å². The number of aryl methyl sites for hydroxylation is 1. The van der Waals surface area contributed by atoms with Crippen molar-refractivity contribution in [3.05, 3.63) is 51.2 Å². The van der Waals surface area contributed by atoms with E-state index < -0.39 is 28.3 Å². The van der Waals surface area contributed by atoms with E-state index in [1.165, 1.54) is 17.7 Å². The molecule has 0 aliphatic carbocycles. The van der Waals surface area contributed by atoms with Crippen molar-refractivity contribution in [2.75, 3.05) is 12.0 Å². The van der Waals surface area contributed by atoms with E-state index in [1.54, 1.807) is 67.5 Å². The number of aromatic nitrogens is 2. The molecule has 0 spiro atoms. The first-order valence-corrected chi connectivity index (χ1v) is 12.0. The standard InChI is InChI=1S/C27H31N5O7/c1-15-10-11-20(37-9)16(2)21(15)30-22-18(12-17(14-29-22)32(35)36)19(13-28)23(30)31(24(33)38-26(3,4)5)25(34)39-27(6,7)8/h10-12,14H,1-9H3. The number of carbonyl (C=O) groups is 2. The monoisotopic (exact) mass is 537 g/mol. The van der Waals surface area contributed by atoms with Crippen molar-refractivity contribution in [3.63, 3.8) is 0 Å². The zero-order valence-corrected chi connectivity index (χ0v) is 23.4. The predicted molar refractivity (Wildman–Crippen MR) is 143 cm³/mol. The Labute approximate surface area is 225 Å². The van der Waals surface area contributed by atoms with Crippen LogP contribution in [0.25, 0.3) is 16.7 Å². The van der Waals surface area contributed by atoms with E-state index in [9.17, 15) is 25.0 Å². The zero-order valence-electron chi connectivity index (χ0n) is 23.4. The molecule has 39 heavy (non-hydrogen) atoms. The van der Waals surface area contributed by atoms with E-state index in [0.29, 0.717) is 27.5 Å². The van der Waals surface area contributed by atoms with Gasteiger partial charge in [-0.05, 0) is 67.0 Å². The molecule has 0 unspecified atom stereocenters. The highest BCUT2D eigenvalue weighted by Crippen LogP contribution is 2.40. The van der Waals surface area contributed by atoms with Gasteiger partial charge in [-0.3, -0.25) is 14.7 Å². The van der Waals surface area contributed by atoms with E-state index >= 15 is 0 Å². The lowest BCUT2D eigenvalue weighted by atomic mass is 10.1. The highest BCUT2D eigenvalue weighted by atomic mass is 16.6. The molecule has 2 heterocycles. The number of pyridine rings is 1. The molecular weight excluding hydrogens is 506 g/mol. The van der Waals surface area contributed by atoms with Gasteiger partial charge in [-0.1, -0.05) is 6.07 Å². The molecule has 12 heteroatoms. The van der Waals surface area contributed by atoms with Crippen LogP contribution in [0.5, 0.6) is 5.75 Å². The maximum Gasteiger partial charge on any atom is 0.425 e. The molecule has 0 saturated heterocycles. The lowest BCUT2D eigenvalue weighted by Gasteiger charge is -2.29. The molecule has 2 aromatic heterocycles. The van der Waals surface area contributed by atoms with Crippen LogP contribution >= 0.6 is 0 Å². The fourth-order valence-corrected chi connectivity index (χ4v) is 4.02. The van der Waals surface area contributed by atoms with Crippen molar-refractivity contribution in [1.82, 2.24) is 9.55 Å². The molecule has 0 saturated carbocycles. The summed E-state index contributed by atoms with van der Waals surface area (Å²) in [6.45, 7) is 13.3. The summed E-state index contributed by atoms with van der Waals surface area (Å²) in [5, 5.41) is 21.9. The molecule has 1 aromatic carbocycles. The van der Waals surface area contributed by atoms with Gasteiger partial charge in [0.15, 0.2) is 5.82 Å². The quantitative estimate of drug-likeness (QED) is 0.284. The number of rotatable bonds is 4. The maximum absolute atomic E-state index is 13.6. The number of amides is 2. The van der Waals surface area contributed by atoms with Gasteiger partial charge >= 0.3 is 12.2 Å². The fraction of sp³-hybridized carbons (Fsp3) is 0.407. The number of benzene rings is 1. The lowest BCUT2D eigenvalue weighted by Crippen LogP contribution is -2.45. The van der Waals surface area contributed by atoms with Crippen LogP contribution in [0.4, 0.5) is 21.1 Å². The van der Waals surface area contributed by atoms with Gasteiger partial charge in [-0.25, -0.2) is 14.6 Å². The van der Waals surface area contributed by atoms with Gasteiger partial charge in [0.05, 0.1) is 17.7 Å². The maximum atomic E-state index is 13.6. The van der Waals surface area contributed by atoms with Crippen molar-refractivity contribution >= 4 is 34.7 Å². The Morgan fingerprint density at radius 2 is 1.64 bits per heavy atom. The van der Waals surface area contributed by atoms with Crippen molar-refractivity contribution in [2.45, 2.75) is 66.6 Å². The number of fused-ring (bicyclic) bond motifs is 1. The minimum atomic E-state index is -1.11. The van der Waals surface area contributed by atoms with Crippen LogP contribution in [0, 0.1) is 35.3 Å². The molecule has 0 N–H and O–H groups in total. The topological polar surface area (TPSA) is 150 Å². The summed E-state index contributed by atoms with van der Waals surface area (Å²) < 4.78 is 18.0. The van der Waals surface area contributed by atoms with Crippen LogP contribution in [-0.2, 0) is 9.47 Å². The molecular formula is C27H31N5O7. The SMILES string of the molecule is COc1ccc(C)c(-n2c(N(C(=O)OC(C)(C)C)C(=O)OC(C)(C)C)c(C#N)c3cc([N+](=O)[O-])cnc32)c1C. The number of nitrogens with zero attached hydrogens (tertiary/aromatic N) is 5. The molecule has 0 fully saturated rings. The van der Waals surface area contributed by atoms with Crippen LogP contribution in [-0.4, -0.2) is 45.0 Å². The lowest BCUT2D eigenvalue weighted by molar-refractivity contribution is -0.385. The number of ether oxygens (including phenoxy) is 3. The molecule has 0 aliphatic heterocycles. The van der Waals surface area contributed by atoms with E-state index in [1.807, 2.05) is 6.07 Å².